The second kappa shape index (κ2) is 4.35. The molecule has 0 bridgehead atoms. The largest absolute Gasteiger partial charge is 0.399 e. The quantitative estimate of drug-likeness (QED) is 0.625. The average Bonchev–Trinajstić information content (AvgIpc) is 2.92. The Morgan fingerprint density at radius 2 is 2.09 bits per heavy atom. The van der Waals surface area contributed by atoms with Crippen LogP contribution in [0, 0.1) is 5.92 Å². The lowest BCUT2D eigenvalue weighted by molar-refractivity contribution is 0.446. The van der Waals surface area contributed by atoms with Crippen LogP contribution in [-0.2, 0) is 13.0 Å². The molecule has 2 unspecified atom stereocenters. The fraction of sp³-hybridized carbons (Fsp3) is 0.222. The molecule has 2 aliphatic rings. The summed E-state index contributed by atoms with van der Waals surface area (Å²) in [6, 6.07) is 13.8. The van der Waals surface area contributed by atoms with Crippen molar-refractivity contribution >= 4 is 22.3 Å². The van der Waals surface area contributed by atoms with Crippen LogP contribution in [0.1, 0.15) is 17.4 Å². The molecule has 0 saturated heterocycles. The highest BCUT2D eigenvalue weighted by Crippen LogP contribution is 2.40. The molecule has 5 rings (SSSR count). The van der Waals surface area contributed by atoms with E-state index in [2.05, 4.69) is 23.5 Å². The zero-order valence-electron chi connectivity index (χ0n) is 12.5. The van der Waals surface area contributed by atoms with Gasteiger partial charge < -0.3 is 11.1 Å². The van der Waals surface area contributed by atoms with Crippen molar-refractivity contribution in [2.24, 2.45) is 5.92 Å². The molecule has 1 aromatic heterocycles. The number of anilines is 2. The summed E-state index contributed by atoms with van der Waals surface area (Å²) in [5.41, 5.74) is 9.61. The fourth-order valence-electron chi connectivity index (χ4n) is 3.87. The minimum atomic E-state index is 0.0116. The smallest absolute Gasteiger partial charge is 0.261 e. The van der Waals surface area contributed by atoms with E-state index in [9.17, 15) is 4.79 Å². The number of rotatable bonds is 0. The molecule has 2 aliphatic heterocycles. The van der Waals surface area contributed by atoms with Gasteiger partial charge in [0, 0.05) is 23.8 Å². The lowest BCUT2D eigenvalue weighted by atomic mass is 9.89. The number of nitrogens with zero attached hydrogens (tertiary/aromatic N) is 2. The van der Waals surface area contributed by atoms with Gasteiger partial charge in [0.1, 0.15) is 5.82 Å². The van der Waals surface area contributed by atoms with Crippen molar-refractivity contribution in [3.8, 4) is 0 Å². The summed E-state index contributed by atoms with van der Waals surface area (Å²) in [6.45, 7) is 0.706. The zero-order valence-corrected chi connectivity index (χ0v) is 12.5. The molecular formula is C18H16N4O. The van der Waals surface area contributed by atoms with E-state index in [1.807, 2.05) is 16.7 Å². The van der Waals surface area contributed by atoms with Gasteiger partial charge in [-0.25, -0.2) is 4.98 Å². The van der Waals surface area contributed by atoms with Crippen molar-refractivity contribution < 1.29 is 0 Å². The van der Waals surface area contributed by atoms with Gasteiger partial charge in [-0.3, -0.25) is 9.36 Å². The van der Waals surface area contributed by atoms with Gasteiger partial charge in [-0.15, -0.1) is 0 Å². The first-order valence-electron chi connectivity index (χ1n) is 7.85. The van der Waals surface area contributed by atoms with Gasteiger partial charge in [0.15, 0.2) is 0 Å². The number of benzene rings is 2. The first kappa shape index (κ1) is 12.7. The first-order valence-corrected chi connectivity index (χ1v) is 7.85. The van der Waals surface area contributed by atoms with Crippen LogP contribution in [0.15, 0.2) is 47.3 Å². The van der Waals surface area contributed by atoms with Gasteiger partial charge >= 0.3 is 0 Å². The van der Waals surface area contributed by atoms with Crippen LogP contribution >= 0.6 is 0 Å². The highest BCUT2D eigenvalue weighted by Gasteiger charge is 2.38. The second-order valence-corrected chi connectivity index (χ2v) is 6.41. The van der Waals surface area contributed by atoms with Crippen LogP contribution in [-0.4, -0.2) is 9.55 Å². The van der Waals surface area contributed by atoms with E-state index in [0.29, 0.717) is 23.5 Å². The molecule has 0 aliphatic carbocycles. The summed E-state index contributed by atoms with van der Waals surface area (Å²) in [6.07, 6.45) is 0.967. The molecule has 2 aromatic carbocycles. The number of fused-ring (bicyclic) bond motifs is 5. The van der Waals surface area contributed by atoms with Crippen LogP contribution in [0.25, 0.3) is 10.9 Å². The summed E-state index contributed by atoms with van der Waals surface area (Å²) in [5.74, 6) is 1.20. The summed E-state index contributed by atoms with van der Waals surface area (Å²) in [7, 11) is 0. The van der Waals surface area contributed by atoms with Crippen LogP contribution in [0.3, 0.4) is 0 Å². The van der Waals surface area contributed by atoms with E-state index >= 15 is 0 Å². The Labute approximate surface area is 132 Å². The van der Waals surface area contributed by atoms with Crippen LogP contribution in [0.5, 0.6) is 0 Å². The summed E-state index contributed by atoms with van der Waals surface area (Å²) in [4.78, 5) is 17.6. The molecule has 0 spiro atoms. The van der Waals surface area contributed by atoms with Gasteiger partial charge in [-0.1, -0.05) is 18.2 Å². The van der Waals surface area contributed by atoms with Crippen molar-refractivity contribution in [2.75, 3.05) is 11.1 Å². The maximum atomic E-state index is 12.8. The molecule has 114 valence electrons. The van der Waals surface area contributed by atoms with Gasteiger partial charge in [0.25, 0.3) is 5.56 Å². The number of hydrogen-bond acceptors (Lipinski definition) is 4. The number of aromatic nitrogens is 2. The molecule has 23 heavy (non-hydrogen) atoms. The Morgan fingerprint density at radius 3 is 3.00 bits per heavy atom. The molecule has 5 nitrogen and oxygen atoms in total. The Morgan fingerprint density at radius 1 is 1.22 bits per heavy atom. The number of nitrogen functional groups attached to an aromatic ring is 1. The van der Waals surface area contributed by atoms with Gasteiger partial charge in [0.05, 0.1) is 16.9 Å². The Bertz CT molecular complexity index is 1010. The lowest BCUT2D eigenvalue weighted by Gasteiger charge is -2.28. The van der Waals surface area contributed by atoms with Gasteiger partial charge in [0.2, 0.25) is 0 Å². The van der Waals surface area contributed by atoms with E-state index in [4.69, 9.17) is 10.7 Å². The molecule has 3 heterocycles. The van der Waals surface area contributed by atoms with E-state index in [1.54, 1.807) is 12.1 Å². The number of nitrogens with two attached hydrogens (primary N) is 1. The van der Waals surface area contributed by atoms with Crippen LogP contribution in [0.2, 0.25) is 0 Å². The Balaban J connectivity index is 1.70. The molecular weight excluding hydrogens is 288 g/mol. The Kier molecular flexibility index (Phi) is 2.40. The summed E-state index contributed by atoms with van der Waals surface area (Å²) in [5, 5.41) is 4.17. The summed E-state index contributed by atoms with van der Waals surface area (Å²) < 4.78 is 1.82. The normalized spacial score (nSPS) is 21.4. The van der Waals surface area contributed by atoms with Gasteiger partial charge in [-0.05, 0) is 36.2 Å². The molecule has 0 amide bonds. The molecule has 5 heteroatoms. The molecule has 3 aromatic rings. The SMILES string of the molecule is Nc1ccc2nc3n(c(=O)c2c1)CC1Cc2ccccc2NC31. The minimum absolute atomic E-state index is 0.0116. The zero-order chi connectivity index (χ0) is 15.6. The first-order chi connectivity index (χ1) is 11.2. The predicted octanol–water partition coefficient (Wildman–Crippen LogP) is 2.32. The summed E-state index contributed by atoms with van der Waals surface area (Å²) >= 11 is 0. The van der Waals surface area contributed by atoms with Crippen molar-refractivity contribution in [2.45, 2.75) is 19.0 Å². The van der Waals surface area contributed by atoms with Crippen LogP contribution in [0.4, 0.5) is 11.4 Å². The van der Waals surface area contributed by atoms with E-state index < -0.39 is 0 Å². The van der Waals surface area contributed by atoms with Crippen molar-refractivity contribution in [1.82, 2.24) is 9.55 Å². The lowest BCUT2D eigenvalue weighted by Crippen LogP contribution is -2.25. The maximum absolute atomic E-state index is 12.8. The Hall–Kier alpha value is -2.82. The molecule has 2 atom stereocenters. The number of para-hydroxylation sites is 1. The standard InChI is InChI=1S/C18H16N4O/c19-12-5-6-15-13(8-12)18(23)22-9-11-7-10-3-1-2-4-14(10)20-16(11)17(22)21-15/h1-6,8,11,16,20H,7,9,19H2. The van der Waals surface area contributed by atoms with Crippen LogP contribution < -0.4 is 16.6 Å². The average molecular weight is 304 g/mol. The van der Waals surface area contributed by atoms with Gasteiger partial charge in [-0.2, -0.15) is 0 Å². The molecule has 0 fully saturated rings. The van der Waals surface area contributed by atoms with E-state index in [-0.39, 0.29) is 11.6 Å². The number of hydrogen-bond donors (Lipinski definition) is 2. The van der Waals surface area contributed by atoms with Crippen molar-refractivity contribution in [1.29, 1.82) is 0 Å². The third-order valence-electron chi connectivity index (χ3n) is 4.98. The maximum Gasteiger partial charge on any atom is 0.261 e. The third kappa shape index (κ3) is 1.73. The topological polar surface area (TPSA) is 72.9 Å². The number of nitrogens with one attached hydrogen (secondary N) is 1. The second-order valence-electron chi connectivity index (χ2n) is 6.41. The highest BCUT2D eigenvalue weighted by atomic mass is 16.1. The highest BCUT2D eigenvalue weighted by molar-refractivity contribution is 5.81. The molecule has 3 N–H and O–H groups in total. The minimum Gasteiger partial charge on any atom is -0.399 e. The monoisotopic (exact) mass is 304 g/mol. The molecule has 0 saturated carbocycles. The van der Waals surface area contributed by atoms with Crippen molar-refractivity contribution in [3.05, 3.63) is 64.2 Å². The predicted molar refractivity (Wildman–Crippen MR) is 90.4 cm³/mol. The van der Waals surface area contributed by atoms with Crippen molar-refractivity contribution in [3.63, 3.8) is 0 Å². The van der Waals surface area contributed by atoms with E-state index in [0.717, 1.165) is 23.4 Å². The van der Waals surface area contributed by atoms with E-state index in [1.165, 1.54) is 5.56 Å². The third-order valence-corrected chi connectivity index (χ3v) is 4.98. The fourth-order valence-corrected chi connectivity index (χ4v) is 3.87. The molecule has 0 radical (unpaired) electrons.